The van der Waals surface area contributed by atoms with Crippen LogP contribution >= 0.6 is 11.6 Å². The van der Waals surface area contributed by atoms with Gasteiger partial charge >= 0.3 is 0 Å². The van der Waals surface area contributed by atoms with Gasteiger partial charge in [-0.1, -0.05) is 35.6 Å². The summed E-state index contributed by atoms with van der Waals surface area (Å²) in [6, 6.07) is 11.4. The van der Waals surface area contributed by atoms with Crippen molar-refractivity contribution in [2.75, 3.05) is 45.2 Å². The molecule has 2 aromatic rings. The Morgan fingerprint density at radius 2 is 1.98 bits per heavy atom. The van der Waals surface area contributed by atoms with E-state index >= 15 is 0 Å². The zero-order chi connectivity index (χ0) is 33.4. The molecule has 6 rings (SSSR count). The Hall–Kier alpha value is -3.03. The lowest BCUT2D eigenvalue weighted by Gasteiger charge is -2.47. The number of nitrogens with zero attached hydrogens (tertiary/aromatic N) is 2. The third kappa shape index (κ3) is 7.07. The Balaban J connectivity index is 1.43. The van der Waals surface area contributed by atoms with Gasteiger partial charge in [0.05, 0.1) is 24.1 Å². The van der Waals surface area contributed by atoms with Crippen LogP contribution in [0.5, 0.6) is 5.75 Å². The van der Waals surface area contributed by atoms with E-state index in [1.807, 2.05) is 37.2 Å². The lowest BCUT2D eigenvalue weighted by molar-refractivity contribution is -0.00323. The lowest BCUT2D eigenvalue weighted by atomic mass is 9.64. The Morgan fingerprint density at radius 3 is 2.74 bits per heavy atom. The molecule has 0 radical (unpaired) electrons. The highest BCUT2D eigenvalue weighted by atomic mass is 35.5. The molecule has 0 saturated heterocycles. The zero-order valence-electron chi connectivity index (χ0n) is 27.6. The van der Waals surface area contributed by atoms with Crippen LogP contribution in [0.4, 0.5) is 5.69 Å². The van der Waals surface area contributed by atoms with Gasteiger partial charge in [0.15, 0.2) is 0 Å². The highest BCUT2D eigenvalue weighted by molar-refractivity contribution is 7.90. The molecule has 252 valence electrons. The minimum Gasteiger partial charge on any atom is -0.490 e. The SMILES string of the molecule is C[C@@H]1CCC/C=C/[C@](O)(C#CCN(C)C)[C@@H]2CC[C@H]2CN2C[C@@]3(CCCc4cc(Cl)ccc43)COc3ccc(cc32)C(=O)NS1(=O)=O. The Bertz CT molecular complexity index is 1720. The second kappa shape index (κ2) is 13.5. The van der Waals surface area contributed by atoms with Crippen molar-refractivity contribution in [1.29, 1.82) is 0 Å². The standard InChI is InChI=1S/C37H46ClN3O5S/c1-26-9-5-4-6-18-37(43,19-8-20-40(2)3)32-14-11-29(32)23-41-24-36(17-7-10-27-21-30(38)13-15-31(27)36)25-46-34-16-12-28(22-33(34)41)35(42)39-47(26,44)45/h6,12-13,15-16,18,21-22,26,29,32,43H,4-5,7,9-11,14,17,20,23-25H2,1-3H3,(H,39,42)/b18-6+/t26-,29+,32-,36+,37+/m1/s1. The average Bonchev–Trinajstić information content (AvgIpc) is 3.15. The molecule has 4 aliphatic rings. The first-order valence-corrected chi connectivity index (χ1v) is 18.7. The van der Waals surface area contributed by atoms with Crippen LogP contribution in [0.25, 0.3) is 0 Å². The number of aryl methyl sites for hydroxylation is 1. The van der Waals surface area contributed by atoms with Crippen molar-refractivity contribution in [3.8, 4) is 17.6 Å². The van der Waals surface area contributed by atoms with Crippen LogP contribution < -0.4 is 14.4 Å². The van der Waals surface area contributed by atoms with Crippen LogP contribution in [0.3, 0.4) is 0 Å². The number of hydrogen-bond donors (Lipinski definition) is 2. The number of anilines is 1. The summed E-state index contributed by atoms with van der Waals surface area (Å²) in [5.41, 5.74) is 1.89. The second-order valence-electron chi connectivity index (χ2n) is 14.2. The number of sulfonamides is 1. The Labute approximate surface area is 284 Å². The second-order valence-corrected chi connectivity index (χ2v) is 16.8. The number of fused-ring (bicyclic) bond motifs is 4. The number of halogens is 1. The molecule has 2 aliphatic carbocycles. The van der Waals surface area contributed by atoms with Gasteiger partial charge in [0.2, 0.25) is 10.0 Å². The van der Waals surface area contributed by atoms with Crippen LogP contribution in [0.1, 0.15) is 73.4 Å². The van der Waals surface area contributed by atoms with E-state index in [0.717, 1.165) is 42.8 Å². The molecule has 2 aliphatic heterocycles. The summed E-state index contributed by atoms with van der Waals surface area (Å²) in [6.45, 7) is 3.92. The number of hydrogen-bond acceptors (Lipinski definition) is 7. The van der Waals surface area contributed by atoms with Gasteiger partial charge < -0.3 is 14.7 Å². The molecule has 0 aromatic heterocycles. The third-order valence-electron chi connectivity index (χ3n) is 10.5. The summed E-state index contributed by atoms with van der Waals surface area (Å²) in [7, 11) is 0.0105. The quantitative estimate of drug-likeness (QED) is 0.311. The monoisotopic (exact) mass is 679 g/mol. The highest BCUT2D eigenvalue weighted by Gasteiger charge is 2.47. The number of aliphatic hydroxyl groups is 1. The van der Waals surface area contributed by atoms with Crippen LogP contribution in [0, 0.1) is 23.7 Å². The van der Waals surface area contributed by atoms with Crippen LogP contribution in [-0.4, -0.2) is 75.5 Å². The molecule has 1 spiro atoms. The van der Waals surface area contributed by atoms with Crippen molar-refractivity contribution in [3.63, 3.8) is 0 Å². The summed E-state index contributed by atoms with van der Waals surface area (Å²) in [4.78, 5) is 17.7. The minimum atomic E-state index is -3.90. The van der Waals surface area contributed by atoms with Crippen LogP contribution in [0.2, 0.25) is 5.02 Å². The predicted molar refractivity (Wildman–Crippen MR) is 187 cm³/mol. The summed E-state index contributed by atoms with van der Waals surface area (Å²) < 4.78 is 35.2. The summed E-state index contributed by atoms with van der Waals surface area (Å²) >= 11 is 6.43. The van der Waals surface area contributed by atoms with Gasteiger partial charge in [0.25, 0.3) is 5.91 Å². The van der Waals surface area contributed by atoms with E-state index in [-0.39, 0.29) is 22.8 Å². The molecule has 47 heavy (non-hydrogen) atoms. The first-order chi connectivity index (χ1) is 22.4. The van der Waals surface area contributed by atoms with Crippen molar-refractivity contribution in [1.82, 2.24) is 9.62 Å². The molecule has 2 N–H and O–H groups in total. The van der Waals surface area contributed by atoms with Crippen molar-refractivity contribution in [2.45, 2.75) is 74.6 Å². The van der Waals surface area contributed by atoms with Gasteiger partial charge in [-0.3, -0.25) is 9.69 Å². The molecule has 2 aromatic carbocycles. The number of allylic oxidation sites excluding steroid dienone is 1. The average molecular weight is 680 g/mol. The van der Waals surface area contributed by atoms with E-state index in [1.54, 1.807) is 25.1 Å². The highest BCUT2D eigenvalue weighted by Crippen LogP contribution is 2.48. The first-order valence-electron chi connectivity index (χ1n) is 16.8. The third-order valence-corrected chi connectivity index (χ3v) is 12.5. The molecule has 2 heterocycles. The smallest absolute Gasteiger partial charge is 0.264 e. The molecule has 5 atom stereocenters. The van der Waals surface area contributed by atoms with Gasteiger partial charge in [-0.25, -0.2) is 13.1 Å². The number of amides is 1. The summed E-state index contributed by atoms with van der Waals surface area (Å²) in [6.07, 6.45) is 10.0. The van der Waals surface area contributed by atoms with E-state index in [4.69, 9.17) is 16.3 Å². The fourth-order valence-electron chi connectivity index (χ4n) is 7.73. The number of nitrogens with one attached hydrogen (secondary N) is 1. The van der Waals surface area contributed by atoms with Crippen molar-refractivity contribution in [3.05, 3.63) is 70.3 Å². The molecule has 8 nitrogen and oxygen atoms in total. The zero-order valence-corrected chi connectivity index (χ0v) is 29.2. The van der Waals surface area contributed by atoms with E-state index in [0.29, 0.717) is 51.3 Å². The molecule has 1 fully saturated rings. The van der Waals surface area contributed by atoms with E-state index in [9.17, 15) is 18.3 Å². The maximum atomic E-state index is 13.4. The predicted octanol–water partition coefficient (Wildman–Crippen LogP) is 5.32. The van der Waals surface area contributed by atoms with Crippen molar-refractivity contribution >= 4 is 33.2 Å². The molecule has 10 heteroatoms. The molecule has 1 amide bonds. The van der Waals surface area contributed by atoms with Crippen molar-refractivity contribution in [2.24, 2.45) is 11.8 Å². The van der Waals surface area contributed by atoms with E-state index < -0.39 is 26.8 Å². The van der Waals surface area contributed by atoms with Crippen LogP contribution in [-0.2, 0) is 21.9 Å². The number of carbonyl (C=O) groups is 1. The number of carbonyl (C=O) groups excluding carboxylic acids is 1. The Morgan fingerprint density at radius 1 is 1.15 bits per heavy atom. The lowest BCUT2D eigenvalue weighted by Crippen LogP contribution is -2.52. The molecular formula is C37H46ClN3O5S. The van der Waals surface area contributed by atoms with Gasteiger partial charge in [-0.05, 0) is 126 Å². The maximum absolute atomic E-state index is 13.4. The molecule has 2 bridgehead atoms. The van der Waals surface area contributed by atoms with Crippen LogP contribution in [0.15, 0.2) is 48.6 Å². The number of rotatable bonds is 1. The number of ether oxygens (including phenoxy) is 1. The maximum Gasteiger partial charge on any atom is 0.264 e. The van der Waals surface area contributed by atoms with Gasteiger partial charge in [-0.2, -0.15) is 0 Å². The first kappa shape index (κ1) is 33.9. The van der Waals surface area contributed by atoms with E-state index in [2.05, 4.69) is 33.6 Å². The minimum absolute atomic E-state index is 0.0732. The van der Waals surface area contributed by atoms with Gasteiger partial charge in [0.1, 0.15) is 11.4 Å². The number of benzene rings is 2. The molecule has 0 unspecified atom stereocenters. The topological polar surface area (TPSA) is 99.2 Å². The summed E-state index contributed by atoms with van der Waals surface area (Å²) in [5.74, 6) is 6.49. The van der Waals surface area contributed by atoms with E-state index in [1.165, 1.54) is 11.1 Å². The fraction of sp³-hybridized carbons (Fsp3) is 0.541. The normalized spacial score (nSPS) is 31.1. The van der Waals surface area contributed by atoms with Crippen molar-refractivity contribution < 1.29 is 23.1 Å². The Kier molecular flexibility index (Phi) is 9.70. The van der Waals surface area contributed by atoms with Gasteiger partial charge in [-0.15, -0.1) is 0 Å². The molecule has 1 saturated carbocycles. The summed E-state index contributed by atoms with van der Waals surface area (Å²) in [5, 5.41) is 12.1. The largest absolute Gasteiger partial charge is 0.490 e. The molecular weight excluding hydrogens is 634 g/mol. The fourth-order valence-corrected chi connectivity index (χ4v) is 8.98. The van der Waals surface area contributed by atoms with Gasteiger partial charge in [0, 0.05) is 35.0 Å².